The standard InChI is InChI=1S/C23H26N2OSi/c1-23(2,3)15-9-12-25-18(13-15)16-7-8-20(27(4,5)6)21-17-14-24-11-10-19(17)26-22(16)21/h7-14H,1-6H3. The minimum Gasteiger partial charge on any atom is -0.455 e. The van der Waals surface area contributed by atoms with Crippen molar-refractivity contribution < 1.29 is 4.42 Å². The van der Waals surface area contributed by atoms with Crippen LogP contribution in [0.1, 0.15) is 26.3 Å². The van der Waals surface area contributed by atoms with Gasteiger partial charge in [-0.3, -0.25) is 9.97 Å². The summed E-state index contributed by atoms with van der Waals surface area (Å²) in [5.74, 6) is 0. The molecule has 0 radical (unpaired) electrons. The topological polar surface area (TPSA) is 38.9 Å². The van der Waals surface area contributed by atoms with E-state index in [-0.39, 0.29) is 5.41 Å². The molecule has 4 aromatic rings. The van der Waals surface area contributed by atoms with Crippen molar-refractivity contribution in [2.75, 3.05) is 0 Å². The fraction of sp³-hybridized carbons (Fsp3) is 0.304. The predicted octanol–water partition coefficient (Wildman–Crippen LogP) is 5.89. The third-order valence-electron chi connectivity index (χ3n) is 5.13. The molecule has 4 heteroatoms. The Morgan fingerprint density at radius 3 is 2.44 bits per heavy atom. The van der Waals surface area contributed by atoms with Crippen molar-refractivity contribution in [3.63, 3.8) is 0 Å². The van der Waals surface area contributed by atoms with Crippen LogP contribution in [0.5, 0.6) is 0 Å². The second-order valence-corrected chi connectivity index (χ2v) is 14.3. The van der Waals surface area contributed by atoms with Gasteiger partial charge in [-0.15, -0.1) is 0 Å². The molecule has 3 nitrogen and oxygen atoms in total. The number of fused-ring (bicyclic) bond motifs is 3. The van der Waals surface area contributed by atoms with Crippen LogP contribution in [0.15, 0.2) is 53.3 Å². The van der Waals surface area contributed by atoms with Gasteiger partial charge in [-0.05, 0) is 40.4 Å². The van der Waals surface area contributed by atoms with Crippen LogP contribution in [0.4, 0.5) is 0 Å². The maximum atomic E-state index is 6.34. The summed E-state index contributed by atoms with van der Waals surface area (Å²) >= 11 is 0. The number of hydrogen-bond acceptors (Lipinski definition) is 3. The zero-order valence-corrected chi connectivity index (χ0v) is 17.9. The van der Waals surface area contributed by atoms with E-state index in [1.165, 1.54) is 16.1 Å². The molecule has 27 heavy (non-hydrogen) atoms. The summed E-state index contributed by atoms with van der Waals surface area (Å²) in [5.41, 5.74) is 5.17. The van der Waals surface area contributed by atoms with Crippen LogP contribution >= 0.6 is 0 Å². The molecule has 3 aromatic heterocycles. The first-order chi connectivity index (χ1) is 12.7. The molecule has 0 fully saturated rings. The van der Waals surface area contributed by atoms with Gasteiger partial charge in [0.05, 0.1) is 13.8 Å². The zero-order chi connectivity index (χ0) is 19.4. The Hall–Kier alpha value is -2.46. The molecule has 0 atom stereocenters. The maximum absolute atomic E-state index is 6.34. The molecular formula is C23H26N2OSi. The summed E-state index contributed by atoms with van der Waals surface area (Å²) in [4.78, 5) is 9.02. The van der Waals surface area contributed by atoms with Crippen LogP contribution in [0.3, 0.4) is 0 Å². The Kier molecular flexibility index (Phi) is 4.00. The molecule has 138 valence electrons. The number of pyridine rings is 2. The molecule has 0 aliphatic rings. The van der Waals surface area contributed by atoms with E-state index in [1.54, 1.807) is 6.20 Å². The number of nitrogens with zero attached hydrogens (tertiary/aromatic N) is 2. The number of furan rings is 1. The van der Waals surface area contributed by atoms with Crippen LogP contribution in [0, 0.1) is 0 Å². The SMILES string of the molecule is CC(C)(C)c1ccnc(-c2ccc([Si](C)(C)C)c3c2oc2ccncc23)c1. The number of rotatable bonds is 2. The van der Waals surface area contributed by atoms with E-state index in [4.69, 9.17) is 4.42 Å². The van der Waals surface area contributed by atoms with Crippen LogP contribution in [-0.4, -0.2) is 18.0 Å². The van der Waals surface area contributed by atoms with Gasteiger partial charge in [0.25, 0.3) is 0 Å². The highest BCUT2D eigenvalue weighted by Gasteiger charge is 2.25. The number of aromatic nitrogens is 2. The summed E-state index contributed by atoms with van der Waals surface area (Å²) in [7, 11) is -1.55. The molecule has 0 amide bonds. The van der Waals surface area contributed by atoms with Gasteiger partial charge in [-0.2, -0.15) is 0 Å². The fourth-order valence-corrected chi connectivity index (χ4v) is 5.18. The third-order valence-corrected chi connectivity index (χ3v) is 7.16. The molecule has 0 aliphatic heterocycles. The number of hydrogen-bond donors (Lipinski definition) is 0. The first-order valence-electron chi connectivity index (χ1n) is 9.43. The van der Waals surface area contributed by atoms with Gasteiger partial charge in [0, 0.05) is 34.9 Å². The van der Waals surface area contributed by atoms with Crippen LogP contribution in [-0.2, 0) is 5.41 Å². The molecule has 0 N–H and O–H groups in total. The third kappa shape index (κ3) is 3.08. The molecule has 1 aromatic carbocycles. The second-order valence-electron chi connectivity index (χ2n) is 9.27. The van der Waals surface area contributed by atoms with E-state index < -0.39 is 8.07 Å². The normalized spacial score (nSPS) is 12.8. The summed E-state index contributed by atoms with van der Waals surface area (Å²) in [6.07, 6.45) is 5.61. The fourth-order valence-electron chi connectivity index (χ4n) is 3.60. The zero-order valence-electron chi connectivity index (χ0n) is 16.9. The van der Waals surface area contributed by atoms with Gasteiger partial charge in [0.15, 0.2) is 0 Å². The highest BCUT2D eigenvalue weighted by Crippen LogP contribution is 2.36. The Bertz CT molecular complexity index is 1150. The molecule has 4 rings (SSSR count). The Balaban J connectivity index is 2.07. The first kappa shape index (κ1) is 17.9. The molecule has 0 saturated carbocycles. The van der Waals surface area contributed by atoms with Gasteiger partial charge < -0.3 is 4.42 Å². The summed E-state index contributed by atoms with van der Waals surface area (Å²) in [5, 5.41) is 3.71. The minimum atomic E-state index is -1.55. The Labute approximate surface area is 161 Å². The number of benzene rings is 1. The lowest BCUT2D eigenvalue weighted by molar-refractivity contribution is 0.589. The van der Waals surface area contributed by atoms with Gasteiger partial charge in [-0.1, -0.05) is 46.5 Å². The molecule has 0 saturated heterocycles. The lowest BCUT2D eigenvalue weighted by Gasteiger charge is -2.20. The van der Waals surface area contributed by atoms with Crippen LogP contribution in [0.2, 0.25) is 19.6 Å². The smallest absolute Gasteiger partial charge is 0.144 e. The lowest BCUT2D eigenvalue weighted by atomic mass is 9.87. The molecule has 0 spiro atoms. The van der Waals surface area contributed by atoms with E-state index in [1.807, 2.05) is 18.5 Å². The van der Waals surface area contributed by atoms with Gasteiger partial charge in [-0.25, -0.2) is 0 Å². The van der Waals surface area contributed by atoms with E-state index in [2.05, 4.69) is 74.6 Å². The molecule has 3 heterocycles. The van der Waals surface area contributed by atoms with E-state index in [0.29, 0.717) is 0 Å². The minimum absolute atomic E-state index is 0.0763. The largest absolute Gasteiger partial charge is 0.455 e. The van der Waals surface area contributed by atoms with Crippen molar-refractivity contribution in [3.05, 3.63) is 54.5 Å². The van der Waals surface area contributed by atoms with E-state index in [9.17, 15) is 0 Å². The van der Waals surface area contributed by atoms with Gasteiger partial charge >= 0.3 is 0 Å². The summed E-state index contributed by atoms with van der Waals surface area (Å²) in [6, 6.07) is 10.7. The second kappa shape index (κ2) is 6.03. The lowest BCUT2D eigenvalue weighted by Crippen LogP contribution is -2.37. The van der Waals surface area contributed by atoms with E-state index >= 15 is 0 Å². The average molecular weight is 375 g/mol. The van der Waals surface area contributed by atoms with Crippen molar-refractivity contribution in [1.82, 2.24) is 9.97 Å². The van der Waals surface area contributed by atoms with Crippen LogP contribution < -0.4 is 5.19 Å². The maximum Gasteiger partial charge on any atom is 0.144 e. The van der Waals surface area contributed by atoms with Crippen molar-refractivity contribution >= 4 is 35.2 Å². The predicted molar refractivity (Wildman–Crippen MR) is 116 cm³/mol. The highest BCUT2D eigenvalue weighted by molar-refractivity contribution is 6.90. The summed E-state index contributed by atoms with van der Waals surface area (Å²) < 4.78 is 6.34. The molecule has 0 bridgehead atoms. The molecule has 0 aliphatic carbocycles. The average Bonchev–Trinajstić information content (AvgIpc) is 2.99. The molecular weight excluding hydrogens is 348 g/mol. The van der Waals surface area contributed by atoms with Crippen LogP contribution in [0.25, 0.3) is 33.2 Å². The Morgan fingerprint density at radius 1 is 0.963 bits per heavy atom. The van der Waals surface area contributed by atoms with E-state index in [0.717, 1.165) is 27.8 Å². The van der Waals surface area contributed by atoms with Crippen molar-refractivity contribution in [2.45, 2.75) is 45.8 Å². The quantitative estimate of drug-likeness (QED) is 0.411. The van der Waals surface area contributed by atoms with Crippen molar-refractivity contribution in [1.29, 1.82) is 0 Å². The summed E-state index contributed by atoms with van der Waals surface area (Å²) in [6.45, 7) is 13.8. The molecule has 0 unspecified atom stereocenters. The highest BCUT2D eigenvalue weighted by atomic mass is 28.3. The first-order valence-corrected chi connectivity index (χ1v) is 12.9. The van der Waals surface area contributed by atoms with Crippen molar-refractivity contribution in [3.8, 4) is 11.3 Å². The Morgan fingerprint density at radius 2 is 1.74 bits per heavy atom. The van der Waals surface area contributed by atoms with Crippen molar-refractivity contribution in [2.24, 2.45) is 0 Å². The monoisotopic (exact) mass is 374 g/mol. The van der Waals surface area contributed by atoms with Gasteiger partial charge in [0.1, 0.15) is 11.2 Å². The van der Waals surface area contributed by atoms with Gasteiger partial charge in [0.2, 0.25) is 0 Å².